The molecule has 2 aliphatic rings. The lowest BCUT2D eigenvalue weighted by Gasteiger charge is -2.22. The minimum atomic E-state index is 0. The van der Waals surface area contributed by atoms with Gasteiger partial charge in [-0.3, -0.25) is 0 Å². The van der Waals surface area contributed by atoms with Crippen molar-refractivity contribution in [1.82, 2.24) is 10.2 Å². The molecule has 1 spiro atoms. The molecule has 3 rings (SSSR count). The Balaban J connectivity index is 0.00000120. The SMILES string of the molecule is Cl.c1ccc(CCN2CCC3(CCNC3)C2)cc1. The maximum absolute atomic E-state index is 3.52. The van der Waals surface area contributed by atoms with Gasteiger partial charge in [0.25, 0.3) is 0 Å². The Kier molecular flexibility index (Phi) is 4.66. The summed E-state index contributed by atoms with van der Waals surface area (Å²) in [6.45, 7) is 6.31. The Bertz CT molecular complexity index is 360. The van der Waals surface area contributed by atoms with Crippen molar-refractivity contribution in [3.05, 3.63) is 35.9 Å². The molecule has 0 bridgehead atoms. The van der Waals surface area contributed by atoms with Gasteiger partial charge in [-0.1, -0.05) is 30.3 Å². The van der Waals surface area contributed by atoms with Gasteiger partial charge in [0.15, 0.2) is 0 Å². The van der Waals surface area contributed by atoms with Crippen molar-refractivity contribution in [2.24, 2.45) is 5.41 Å². The van der Waals surface area contributed by atoms with Crippen LogP contribution in [0.25, 0.3) is 0 Å². The molecule has 100 valence electrons. The van der Waals surface area contributed by atoms with Crippen molar-refractivity contribution in [1.29, 1.82) is 0 Å². The smallest absolute Gasteiger partial charge is 0.00512 e. The van der Waals surface area contributed by atoms with Gasteiger partial charge in [0.05, 0.1) is 0 Å². The van der Waals surface area contributed by atoms with Crippen LogP contribution in [0.4, 0.5) is 0 Å². The standard InChI is InChI=1S/C15H22N2.ClH/c1-2-4-14(5-3-1)6-10-17-11-8-15(13-17)7-9-16-12-15;/h1-5,16H,6-13H2;1H. The maximum Gasteiger partial charge on any atom is 0.00512 e. The van der Waals surface area contributed by atoms with Gasteiger partial charge in [-0.05, 0) is 43.3 Å². The Morgan fingerprint density at radius 2 is 2.00 bits per heavy atom. The highest BCUT2D eigenvalue weighted by Crippen LogP contribution is 2.35. The topological polar surface area (TPSA) is 15.3 Å². The molecule has 18 heavy (non-hydrogen) atoms. The first kappa shape index (κ1) is 13.9. The summed E-state index contributed by atoms with van der Waals surface area (Å²) in [5.41, 5.74) is 2.09. The summed E-state index contributed by atoms with van der Waals surface area (Å²) >= 11 is 0. The average molecular weight is 267 g/mol. The van der Waals surface area contributed by atoms with Gasteiger partial charge in [0, 0.05) is 19.6 Å². The van der Waals surface area contributed by atoms with Crippen LogP contribution in [0.1, 0.15) is 18.4 Å². The van der Waals surface area contributed by atoms with E-state index < -0.39 is 0 Å². The summed E-state index contributed by atoms with van der Waals surface area (Å²) < 4.78 is 0. The van der Waals surface area contributed by atoms with Gasteiger partial charge in [0.2, 0.25) is 0 Å². The van der Waals surface area contributed by atoms with Crippen LogP contribution >= 0.6 is 12.4 Å². The molecule has 0 saturated carbocycles. The summed E-state index contributed by atoms with van der Waals surface area (Å²) in [5, 5.41) is 3.52. The van der Waals surface area contributed by atoms with Crippen molar-refractivity contribution < 1.29 is 0 Å². The van der Waals surface area contributed by atoms with Crippen molar-refractivity contribution in [3.8, 4) is 0 Å². The number of nitrogens with one attached hydrogen (secondary N) is 1. The maximum atomic E-state index is 3.52. The average Bonchev–Trinajstić information content (AvgIpc) is 2.99. The Labute approximate surface area is 116 Å². The first-order chi connectivity index (χ1) is 8.36. The van der Waals surface area contributed by atoms with E-state index in [0.29, 0.717) is 5.41 Å². The molecule has 0 aromatic heterocycles. The van der Waals surface area contributed by atoms with E-state index in [1.165, 1.54) is 57.5 Å². The van der Waals surface area contributed by atoms with E-state index >= 15 is 0 Å². The Morgan fingerprint density at radius 3 is 2.72 bits per heavy atom. The highest BCUT2D eigenvalue weighted by atomic mass is 35.5. The second-order valence-corrected chi connectivity index (χ2v) is 5.69. The molecule has 3 heteroatoms. The minimum absolute atomic E-state index is 0. The molecule has 1 N–H and O–H groups in total. The molecule has 1 unspecified atom stereocenters. The Hall–Kier alpha value is -0.570. The van der Waals surface area contributed by atoms with Crippen LogP contribution in [0, 0.1) is 5.41 Å². The lowest BCUT2D eigenvalue weighted by molar-refractivity contribution is 0.277. The van der Waals surface area contributed by atoms with Crippen LogP contribution in [0.5, 0.6) is 0 Å². The van der Waals surface area contributed by atoms with Gasteiger partial charge in [0.1, 0.15) is 0 Å². The van der Waals surface area contributed by atoms with Crippen LogP contribution in [0.2, 0.25) is 0 Å². The molecule has 2 fully saturated rings. The summed E-state index contributed by atoms with van der Waals surface area (Å²) in [6.07, 6.45) is 3.98. The van der Waals surface area contributed by atoms with E-state index in [4.69, 9.17) is 0 Å². The van der Waals surface area contributed by atoms with Crippen molar-refractivity contribution in [2.75, 3.05) is 32.7 Å². The lowest BCUT2D eigenvalue weighted by Crippen LogP contribution is -2.30. The van der Waals surface area contributed by atoms with Crippen molar-refractivity contribution in [3.63, 3.8) is 0 Å². The van der Waals surface area contributed by atoms with Crippen molar-refractivity contribution in [2.45, 2.75) is 19.3 Å². The molecule has 1 atom stereocenters. The fraction of sp³-hybridized carbons (Fsp3) is 0.600. The molecule has 0 aliphatic carbocycles. The highest BCUT2D eigenvalue weighted by Gasteiger charge is 2.39. The zero-order valence-electron chi connectivity index (χ0n) is 10.9. The molecule has 1 aromatic carbocycles. The van der Waals surface area contributed by atoms with Gasteiger partial charge in [-0.15, -0.1) is 12.4 Å². The first-order valence-electron chi connectivity index (χ1n) is 6.83. The van der Waals surface area contributed by atoms with E-state index in [1.807, 2.05) is 0 Å². The first-order valence-corrected chi connectivity index (χ1v) is 6.83. The summed E-state index contributed by atoms with van der Waals surface area (Å²) in [5.74, 6) is 0. The van der Waals surface area contributed by atoms with E-state index in [-0.39, 0.29) is 12.4 Å². The van der Waals surface area contributed by atoms with Crippen LogP contribution < -0.4 is 5.32 Å². The molecule has 0 radical (unpaired) electrons. The van der Waals surface area contributed by atoms with Gasteiger partial charge in [-0.25, -0.2) is 0 Å². The molecule has 2 aliphatic heterocycles. The summed E-state index contributed by atoms with van der Waals surface area (Å²) in [6, 6.07) is 10.9. The number of halogens is 1. The summed E-state index contributed by atoms with van der Waals surface area (Å²) in [4.78, 5) is 2.65. The highest BCUT2D eigenvalue weighted by molar-refractivity contribution is 5.85. The van der Waals surface area contributed by atoms with Crippen molar-refractivity contribution >= 4 is 12.4 Å². The number of benzene rings is 1. The third-order valence-corrected chi connectivity index (χ3v) is 4.41. The van der Waals surface area contributed by atoms with Gasteiger partial charge < -0.3 is 10.2 Å². The third kappa shape index (κ3) is 3.05. The zero-order valence-corrected chi connectivity index (χ0v) is 11.7. The number of hydrogen-bond acceptors (Lipinski definition) is 2. The zero-order chi connectivity index (χ0) is 11.6. The molecule has 0 amide bonds. The monoisotopic (exact) mass is 266 g/mol. The van der Waals surface area contributed by atoms with Crippen LogP contribution in [-0.2, 0) is 6.42 Å². The largest absolute Gasteiger partial charge is 0.316 e. The van der Waals surface area contributed by atoms with Gasteiger partial charge >= 0.3 is 0 Å². The predicted molar refractivity (Wildman–Crippen MR) is 78.4 cm³/mol. The van der Waals surface area contributed by atoms with E-state index in [9.17, 15) is 0 Å². The fourth-order valence-corrected chi connectivity index (χ4v) is 3.29. The second-order valence-electron chi connectivity index (χ2n) is 5.69. The van der Waals surface area contributed by atoms with E-state index in [0.717, 1.165) is 0 Å². The number of nitrogens with zero attached hydrogens (tertiary/aromatic N) is 1. The second kappa shape index (κ2) is 6.05. The van der Waals surface area contributed by atoms with Gasteiger partial charge in [-0.2, -0.15) is 0 Å². The van der Waals surface area contributed by atoms with Crippen LogP contribution in [0.15, 0.2) is 30.3 Å². The van der Waals surface area contributed by atoms with E-state index in [1.54, 1.807) is 0 Å². The molecule has 2 heterocycles. The molecule has 1 aromatic rings. The van der Waals surface area contributed by atoms with E-state index in [2.05, 4.69) is 40.5 Å². The quantitative estimate of drug-likeness (QED) is 0.904. The third-order valence-electron chi connectivity index (χ3n) is 4.41. The minimum Gasteiger partial charge on any atom is -0.316 e. The number of hydrogen-bond donors (Lipinski definition) is 1. The summed E-state index contributed by atoms with van der Waals surface area (Å²) in [7, 11) is 0. The molecular formula is C15H23ClN2. The Morgan fingerprint density at radius 1 is 1.17 bits per heavy atom. The fourth-order valence-electron chi connectivity index (χ4n) is 3.29. The number of rotatable bonds is 3. The molecular weight excluding hydrogens is 244 g/mol. The predicted octanol–water partition coefficient (Wildman–Crippen LogP) is 2.34. The normalized spacial score (nSPS) is 27.6. The molecule has 2 nitrogen and oxygen atoms in total. The van der Waals surface area contributed by atoms with Crippen LogP contribution in [0.3, 0.4) is 0 Å². The lowest BCUT2D eigenvalue weighted by atomic mass is 9.87. The molecule has 2 saturated heterocycles. The number of likely N-dealkylation sites (tertiary alicyclic amines) is 1. The van der Waals surface area contributed by atoms with Crippen LogP contribution in [-0.4, -0.2) is 37.6 Å².